The molecule has 1 aromatic heterocycles. The predicted molar refractivity (Wildman–Crippen MR) is 63.2 cm³/mol. The van der Waals surface area contributed by atoms with Gasteiger partial charge in [0.05, 0.1) is 6.26 Å². The Morgan fingerprint density at radius 1 is 1.37 bits per heavy atom. The molecule has 0 aliphatic carbocycles. The highest BCUT2D eigenvalue weighted by atomic mass is 16.8. The Morgan fingerprint density at radius 3 is 2.79 bits per heavy atom. The summed E-state index contributed by atoms with van der Waals surface area (Å²) in [4.78, 5) is 0. The second kappa shape index (κ2) is 4.57. The smallest absolute Gasteiger partial charge is 0.190 e. The first-order chi connectivity index (χ1) is 9.02. The van der Waals surface area contributed by atoms with Crippen molar-refractivity contribution in [3.63, 3.8) is 0 Å². The SMILES string of the molecule is CO[C@@H]1[C@H]2OC(C)(C)O[C@H]2O[C@@H]1[C@@H](O)c1ccco1. The molecule has 5 atom stereocenters. The molecule has 2 fully saturated rings. The van der Waals surface area contributed by atoms with Crippen LogP contribution in [0.25, 0.3) is 0 Å². The Bertz CT molecular complexity index is 428. The highest BCUT2D eigenvalue weighted by molar-refractivity contribution is 5.08. The van der Waals surface area contributed by atoms with E-state index in [4.69, 9.17) is 23.4 Å². The van der Waals surface area contributed by atoms with Crippen LogP contribution in [0.4, 0.5) is 0 Å². The van der Waals surface area contributed by atoms with Gasteiger partial charge in [-0.05, 0) is 26.0 Å². The average molecular weight is 270 g/mol. The van der Waals surface area contributed by atoms with Crippen LogP contribution in [0.3, 0.4) is 0 Å². The first kappa shape index (κ1) is 13.1. The van der Waals surface area contributed by atoms with E-state index in [0.29, 0.717) is 5.76 Å². The van der Waals surface area contributed by atoms with Crippen LogP contribution in [-0.2, 0) is 18.9 Å². The molecule has 6 nitrogen and oxygen atoms in total. The summed E-state index contributed by atoms with van der Waals surface area (Å²) in [5.74, 6) is -0.265. The van der Waals surface area contributed by atoms with Crippen molar-refractivity contribution in [2.45, 2.75) is 50.3 Å². The largest absolute Gasteiger partial charge is 0.466 e. The Kier molecular flexibility index (Phi) is 3.15. The number of aliphatic hydroxyl groups is 1. The van der Waals surface area contributed by atoms with Crippen LogP contribution in [0.5, 0.6) is 0 Å². The monoisotopic (exact) mass is 270 g/mol. The van der Waals surface area contributed by atoms with Crippen LogP contribution < -0.4 is 0 Å². The number of ether oxygens (including phenoxy) is 4. The topological polar surface area (TPSA) is 70.3 Å². The lowest BCUT2D eigenvalue weighted by atomic mass is 10.0. The van der Waals surface area contributed by atoms with Gasteiger partial charge in [0.2, 0.25) is 0 Å². The highest BCUT2D eigenvalue weighted by Gasteiger charge is 2.57. The Morgan fingerprint density at radius 2 is 2.16 bits per heavy atom. The van der Waals surface area contributed by atoms with Gasteiger partial charge in [0, 0.05) is 7.11 Å². The summed E-state index contributed by atoms with van der Waals surface area (Å²) in [6, 6.07) is 3.41. The van der Waals surface area contributed by atoms with Crippen LogP contribution in [0.2, 0.25) is 0 Å². The van der Waals surface area contributed by atoms with Gasteiger partial charge in [0.1, 0.15) is 30.2 Å². The minimum Gasteiger partial charge on any atom is -0.466 e. The van der Waals surface area contributed by atoms with Gasteiger partial charge < -0.3 is 28.5 Å². The lowest BCUT2D eigenvalue weighted by molar-refractivity contribution is -0.229. The minimum absolute atomic E-state index is 0.352. The fraction of sp³-hybridized carbons (Fsp3) is 0.692. The molecule has 0 radical (unpaired) electrons. The molecule has 2 aliphatic heterocycles. The zero-order chi connectivity index (χ0) is 13.6. The summed E-state index contributed by atoms with van der Waals surface area (Å²) in [5, 5.41) is 10.3. The molecule has 2 aliphatic rings. The van der Waals surface area contributed by atoms with Crippen molar-refractivity contribution in [3.05, 3.63) is 24.2 Å². The first-order valence-corrected chi connectivity index (χ1v) is 6.27. The zero-order valence-electron chi connectivity index (χ0n) is 11.1. The molecule has 0 saturated carbocycles. The lowest BCUT2D eigenvalue weighted by Crippen LogP contribution is -2.38. The van der Waals surface area contributed by atoms with Crippen molar-refractivity contribution < 1.29 is 28.5 Å². The molecule has 106 valence electrons. The lowest BCUT2D eigenvalue weighted by Gasteiger charge is -2.26. The van der Waals surface area contributed by atoms with Gasteiger partial charge >= 0.3 is 0 Å². The minimum atomic E-state index is -0.916. The molecule has 0 unspecified atom stereocenters. The maximum atomic E-state index is 10.3. The van der Waals surface area contributed by atoms with E-state index in [-0.39, 0.29) is 6.10 Å². The quantitative estimate of drug-likeness (QED) is 0.890. The molecule has 6 heteroatoms. The van der Waals surface area contributed by atoms with Gasteiger partial charge in [-0.1, -0.05) is 0 Å². The number of hydrogen-bond donors (Lipinski definition) is 1. The van der Waals surface area contributed by atoms with Crippen LogP contribution in [0, 0.1) is 0 Å². The van der Waals surface area contributed by atoms with E-state index in [9.17, 15) is 5.11 Å². The highest BCUT2D eigenvalue weighted by Crippen LogP contribution is 2.41. The number of aliphatic hydroxyl groups excluding tert-OH is 1. The van der Waals surface area contributed by atoms with E-state index in [1.165, 1.54) is 6.26 Å². The summed E-state index contributed by atoms with van der Waals surface area (Å²) < 4.78 is 27.7. The van der Waals surface area contributed by atoms with Crippen LogP contribution >= 0.6 is 0 Å². The van der Waals surface area contributed by atoms with Crippen molar-refractivity contribution in [1.82, 2.24) is 0 Å². The van der Waals surface area contributed by atoms with Gasteiger partial charge in [-0.15, -0.1) is 0 Å². The van der Waals surface area contributed by atoms with Gasteiger partial charge in [-0.2, -0.15) is 0 Å². The molecular formula is C13H18O6. The van der Waals surface area contributed by atoms with Crippen molar-refractivity contribution >= 4 is 0 Å². The molecular weight excluding hydrogens is 252 g/mol. The predicted octanol–water partition coefficient (Wildman–Crippen LogP) is 1.20. The van der Waals surface area contributed by atoms with Crippen LogP contribution in [-0.4, -0.2) is 42.6 Å². The van der Waals surface area contributed by atoms with Crippen molar-refractivity contribution in [2.75, 3.05) is 7.11 Å². The molecule has 0 aromatic carbocycles. The molecule has 2 saturated heterocycles. The normalized spacial score (nSPS) is 38.3. The fourth-order valence-corrected chi connectivity index (χ4v) is 2.65. The third-order valence-corrected chi connectivity index (χ3v) is 3.45. The standard InChI is InChI=1S/C13H18O6/c1-13(2)18-11-10(15-3)9(17-12(11)19-13)8(14)7-5-4-6-16-7/h4-6,8-12,14H,1-3H3/t8-,9+,10-,11+,12+/m0/s1. The van der Waals surface area contributed by atoms with Crippen molar-refractivity contribution in [2.24, 2.45) is 0 Å². The molecule has 3 rings (SSSR count). The van der Waals surface area contributed by atoms with Gasteiger partial charge in [0.15, 0.2) is 12.1 Å². The average Bonchev–Trinajstić information content (AvgIpc) is 3.01. The van der Waals surface area contributed by atoms with Crippen molar-refractivity contribution in [1.29, 1.82) is 0 Å². The molecule has 1 N–H and O–H groups in total. The van der Waals surface area contributed by atoms with E-state index < -0.39 is 30.4 Å². The number of methoxy groups -OCH3 is 1. The Hall–Kier alpha value is -0.920. The van der Waals surface area contributed by atoms with E-state index in [1.807, 2.05) is 13.8 Å². The zero-order valence-corrected chi connectivity index (χ0v) is 11.1. The van der Waals surface area contributed by atoms with E-state index in [2.05, 4.69) is 0 Å². The maximum Gasteiger partial charge on any atom is 0.190 e. The summed E-state index contributed by atoms with van der Waals surface area (Å²) >= 11 is 0. The van der Waals surface area contributed by atoms with Gasteiger partial charge in [-0.25, -0.2) is 0 Å². The summed E-state index contributed by atoms with van der Waals surface area (Å²) in [5.41, 5.74) is 0. The Labute approximate surface area is 111 Å². The van der Waals surface area contributed by atoms with Gasteiger partial charge in [0.25, 0.3) is 0 Å². The molecule has 1 aromatic rings. The van der Waals surface area contributed by atoms with Gasteiger partial charge in [-0.3, -0.25) is 0 Å². The number of rotatable bonds is 3. The Balaban J connectivity index is 1.78. The molecule has 0 spiro atoms. The molecule has 0 bridgehead atoms. The van der Waals surface area contributed by atoms with Crippen LogP contribution in [0.1, 0.15) is 25.7 Å². The van der Waals surface area contributed by atoms with E-state index in [0.717, 1.165) is 0 Å². The summed E-state index contributed by atoms with van der Waals surface area (Å²) in [6.07, 6.45) is -1.29. The third kappa shape index (κ3) is 2.19. The van der Waals surface area contributed by atoms with E-state index >= 15 is 0 Å². The van der Waals surface area contributed by atoms with E-state index in [1.54, 1.807) is 19.2 Å². The second-order valence-electron chi connectivity index (χ2n) is 5.23. The summed E-state index contributed by atoms with van der Waals surface area (Å²) in [7, 11) is 1.56. The fourth-order valence-electron chi connectivity index (χ4n) is 2.65. The van der Waals surface area contributed by atoms with Crippen molar-refractivity contribution in [3.8, 4) is 0 Å². The molecule has 0 amide bonds. The second-order valence-corrected chi connectivity index (χ2v) is 5.23. The third-order valence-electron chi connectivity index (χ3n) is 3.45. The number of furan rings is 1. The van der Waals surface area contributed by atoms with Crippen LogP contribution in [0.15, 0.2) is 22.8 Å². The maximum absolute atomic E-state index is 10.3. The number of hydrogen-bond acceptors (Lipinski definition) is 6. The first-order valence-electron chi connectivity index (χ1n) is 6.27. The summed E-state index contributed by atoms with van der Waals surface area (Å²) in [6.45, 7) is 3.64. The number of fused-ring (bicyclic) bond motifs is 1. The molecule has 3 heterocycles. The molecule has 19 heavy (non-hydrogen) atoms.